The molecule has 0 fully saturated rings. The third-order valence-electron chi connectivity index (χ3n) is 4.65. The highest BCUT2D eigenvalue weighted by molar-refractivity contribution is 7.98. The fraction of sp³-hybridized carbons (Fsp3) is 0.0909. The highest BCUT2D eigenvalue weighted by atomic mass is 35.5. The normalized spacial score (nSPS) is 11.3. The smallest absolute Gasteiger partial charge is 0.258 e. The van der Waals surface area contributed by atoms with Crippen LogP contribution in [-0.2, 0) is 12.2 Å². The maximum atomic E-state index is 12.5. The zero-order valence-corrected chi connectivity index (χ0v) is 18.6. The fourth-order valence-electron chi connectivity index (χ4n) is 3.25. The Hall–Kier alpha value is -2.94. The van der Waals surface area contributed by atoms with Gasteiger partial charge in [0.05, 0.1) is 10.7 Å². The molecule has 0 aliphatic carbocycles. The molecule has 0 amide bonds. The molecule has 4 aromatic heterocycles. The molecule has 5 rings (SSSR count). The maximum absolute atomic E-state index is 12.5. The van der Waals surface area contributed by atoms with Crippen molar-refractivity contribution >= 4 is 40.3 Å². The van der Waals surface area contributed by atoms with Gasteiger partial charge in [-0.3, -0.25) is 13.8 Å². The van der Waals surface area contributed by atoms with E-state index in [-0.39, 0.29) is 5.56 Å². The zero-order valence-electron chi connectivity index (χ0n) is 16.2. The molecule has 0 N–H and O–H groups in total. The molecule has 0 aliphatic heterocycles. The van der Waals surface area contributed by atoms with Crippen LogP contribution in [0.3, 0.4) is 0 Å². The average molecular weight is 466 g/mol. The molecule has 31 heavy (non-hydrogen) atoms. The van der Waals surface area contributed by atoms with Crippen molar-refractivity contribution < 1.29 is 0 Å². The lowest BCUT2D eigenvalue weighted by molar-refractivity contribution is 0.850. The lowest BCUT2D eigenvalue weighted by atomic mass is 10.3. The summed E-state index contributed by atoms with van der Waals surface area (Å²) in [6.07, 6.45) is 2.28. The number of hydrogen-bond donors (Lipinski definition) is 0. The number of thioether (sulfide) groups is 1. The van der Waals surface area contributed by atoms with E-state index in [4.69, 9.17) is 11.6 Å². The number of aromatic nitrogens is 5. The van der Waals surface area contributed by atoms with Crippen molar-refractivity contribution in [2.45, 2.75) is 17.3 Å². The van der Waals surface area contributed by atoms with Gasteiger partial charge in [-0.15, -0.1) is 21.5 Å². The minimum Gasteiger partial charge on any atom is -0.274 e. The predicted octanol–water partition coefficient (Wildman–Crippen LogP) is 4.87. The number of thiophene rings is 1. The molecular weight excluding hydrogens is 450 g/mol. The Bertz CT molecular complexity index is 1400. The van der Waals surface area contributed by atoms with Crippen molar-refractivity contribution in [3.63, 3.8) is 0 Å². The molecule has 0 atom stereocenters. The van der Waals surface area contributed by atoms with Crippen LogP contribution in [0.25, 0.3) is 11.3 Å². The Kier molecular flexibility index (Phi) is 5.59. The number of hydrogen-bond acceptors (Lipinski definition) is 6. The molecular formula is C22H16ClN5OS2. The van der Waals surface area contributed by atoms with Gasteiger partial charge >= 0.3 is 0 Å². The second-order valence-electron chi connectivity index (χ2n) is 6.78. The highest BCUT2D eigenvalue weighted by Crippen LogP contribution is 2.26. The number of halogens is 1. The molecule has 0 saturated heterocycles. The summed E-state index contributed by atoms with van der Waals surface area (Å²) in [5.74, 6) is 1.37. The van der Waals surface area contributed by atoms with Crippen LogP contribution in [0.5, 0.6) is 0 Å². The number of fused-ring (bicyclic) bond motifs is 1. The number of para-hydroxylation sites is 1. The summed E-state index contributed by atoms with van der Waals surface area (Å²) in [5.41, 5.74) is 2.09. The molecule has 5 aromatic rings. The van der Waals surface area contributed by atoms with Crippen molar-refractivity contribution in [3.05, 3.63) is 104 Å². The van der Waals surface area contributed by atoms with Crippen LogP contribution >= 0.6 is 34.7 Å². The molecule has 0 spiro atoms. The van der Waals surface area contributed by atoms with Gasteiger partial charge < -0.3 is 0 Å². The minimum atomic E-state index is -0.161. The van der Waals surface area contributed by atoms with Crippen molar-refractivity contribution in [2.24, 2.45) is 0 Å². The van der Waals surface area contributed by atoms with Crippen LogP contribution in [0.2, 0.25) is 5.02 Å². The Labute approximate surface area is 191 Å². The summed E-state index contributed by atoms with van der Waals surface area (Å²) in [6, 6.07) is 19.2. The second kappa shape index (κ2) is 8.66. The summed E-state index contributed by atoms with van der Waals surface area (Å²) >= 11 is 9.20. The van der Waals surface area contributed by atoms with Crippen molar-refractivity contribution in [3.8, 4) is 5.69 Å². The predicted molar refractivity (Wildman–Crippen MR) is 125 cm³/mol. The largest absolute Gasteiger partial charge is 0.274 e. The monoisotopic (exact) mass is 465 g/mol. The van der Waals surface area contributed by atoms with E-state index in [1.807, 2.05) is 36.4 Å². The van der Waals surface area contributed by atoms with Crippen molar-refractivity contribution in [1.82, 2.24) is 24.1 Å². The number of benzene rings is 1. The molecule has 0 bridgehead atoms. The van der Waals surface area contributed by atoms with Gasteiger partial charge in [0.15, 0.2) is 5.16 Å². The molecule has 6 nitrogen and oxygen atoms in total. The lowest BCUT2D eigenvalue weighted by Gasteiger charge is -2.10. The lowest BCUT2D eigenvalue weighted by Crippen LogP contribution is -2.15. The average Bonchev–Trinajstić information content (AvgIpc) is 3.44. The molecule has 0 radical (unpaired) electrons. The van der Waals surface area contributed by atoms with Crippen molar-refractivity contribution in [1.29, 1.82) is 0 Å². The second-order valence-corrected chi connectivity index (χ2v) is 9.19. The zero-order chi connectivity index (χ0) is 21.2. The van der Waals surface area contributed by atoms with Gasteiger partial charge in [-0.1, -0.05) is 47.6 Å². The topological polar surface area (TPSA) is 65.1 Å². The van der Waals surface area contributed by atoms with E-state index in [2.05, 4.69) is 31.2 Å². The van der Waals surface area contributed by atoms with Gasteiger partial charge in [-0.25, -0.2) is 4.98 Å². The summed E-state index contributed by atoms with van der Waals surface area (Å²) in [5, 5.41) is 12.2. The van der Waals surface area contributed by atoms with Crippen LogP contribution in [0.15, 0.2) is 82.2 Å². The summed E-state index contributed by atoms with van der Waals surface area (Å²) in [4.78, 5) is 18.3. The maximum Gasteiger partial charge on any atom is 0.258 e. The first kappa shape index (κ1) is 20.0. The third-order valence-corrected chi connectivity index (χ3v) is 6.72. The molecule has 0 unspecified atom stereocenters. The standard InChI is InChI=1S/C22H16ClN5OS2/c23-15-8-9-19-24-16(11-21(29)27(19)13-15)14-31-22-26-25-20(12-18-7-4-10-30-18)28(22)17-5-2-1-3-6-17/h1-11,13H,12,14H2. The number of nitrogens with zero attached hydrogens (tertiary/aromatic N) is 5. The van der Waals surface area contributed by atoms with Gasteiger partial charge in [0.1, 0.15) is 11.5 Å². The Balaban J connectivity index is 1.47. The molecule has 4 heterocycles. The van der Waals surface area contributed by atoms with E-state index >= 15 is 0 Å². The molecule has 0 saturated carbocycles. The molecule has 0 aliphatic rings. The van der Waals surface area contributed by atoms with Crippen LogP contribution in [0.1, 0.15) is 16.4 Å². The molecule has 1 aromatic carbocycles. The van der Waals surface area contributed by atoms with Crippen molar-refractivity contribution in [2.75, 3.05) is 0 Å². The van der Waals surface area contributed by atoms with Crippen LogP contribution in [0, 0.1) is 0 Å². The van der Waals surface area contributed by atoms with E-state index in [1.54, 1.807) is 29.7 Å². The van der Waals surface area contributed by atoms with Gasteiger partial charge in [0.2, 0.25) is 0 Å². The number of pyridine rings is 1. The molecule has 9 heteroatoms. The Morgan fingerprint density at radius 1 is 1.03 bits per heavy atom. The summed E-state index contributed by atoms with van der Waals surface area (Å²) in [6.45, 7) is 0. The Morgan fingerprint density at radius 2 is 1.90 bits per heavy atom. The third kappa shape index (κ3) is 4.27. The first-order valence-electron chi connectivity index (χ1n) is 9.50. The van der Waals surface area contributed by atoms with Crippen LogP contribution in [-0.4, -0.2) is 24.1 Å². The minimum absolute atomic E-state index is 0.161. The first-order valence-corrected chi connectivity index (χ1v) is 11.7. The highest BCUT2D eigenvalue weighted by Gasteiger charge is 2.16. The van der Waals surface area contributed by atoms with E-state index in [9.17, 15) is 4.79 Å². The van der Waals surface area contributed by atoms with Crippen LogP contribution < -0.4 is 5.56 Å². The summed E-state index contributed by atoms with van der Waals surface area (Å²) < 4.78 is 3.51. The van der Waals surface area contributed by atoms with E-state index < -0.39 is 0 Å². The van der Waals surface area contributed by atoms with Gasteiger partial charge in [-0.2, -0.15) is 0 Å². The molecule has 154 valence electrons. The van der Waals surface area contributed by atoms with E-state index in [0.29, 0.717) is 28.5 Å². The fourth-order valence-corrected chi connectivity index (χ4v) is 4.98. The first-order chi connectivity index (χ1) is 15.2. The summed E-state index contributed by atoms with van der Waals surface area (Å²) in [7, 11) is 0. The number of rotatable bonds is 6. The quantitative estimate of drug-likeness (QED) is 0.334. The van der Waals surface area contributed by atoms with E-state index in [0.717, 1.165) is 16.7 Å². The van der Waals surface area contributed by atoms with Crippen LogP contribution in [0.4, 0.5) is 0 Å². The van der Waals surface area contributed by atoms with E-state index in [1.165, 1.54) is 27.1 Å². The van der Waals surface area contributed by atoms with Gasteiger partial charge in [0, 0.05) is 35.0 Å². The van der Waals surface area contributed by atoms with Gasteiger partial charge in [-0.05, 0) is 35.7 Å². The van der Waals surface area contributed by atoms with Gasteiger partial charge in [0.25, 0.3) is 5.56 Å². The SMILES string of the molecule is O=c1cc(CSc2nnc(Cc3cccs3)n2-c2ccccc2)nc2ccc(Cl)cn12. The Morgan fingerprint density at radius 3 is 2.71 bits per heavy atom.